The number of carbonyl (C=O) groups excluding carboxylic acids is 1. The molecular formula is C13H28N2O. The lowest BCUT2D eigenvalue weighted by atomic mass is 9.96. The van der Waals surface area contributed by atoms with Crippen LogP contribution in [0.3, 0.4) is 0 Å². The van der Waals surface area contributed by atoms with Gasteiger partial charge in [0.15, 0.2) is 0 Å². The van der Waals surface area contributed by atoms with Crippen molar-refractivity contribution in [1.82, 2.24) is 10.6 Å². The fraction of sp³-hybridized carbons (Fsp3) is 0.923. The van der Waals surface area contributed by atoms with Crippen LogP contribution in [0.5, 0.6) is 0 Å². The lowest BCUT2D eigenvalue weighted by molar-refractivity contribution is -0.119. The van der Waals surface area contributed by atoms with Crippen molar-refractivity contribution >= 4 is 5.78 Å². The van der Waals surface area contributed by atoms with Crippen LogP contribution in [-0.4, -0.2) is 31.0 Å². The molecule has 1 aliphatic rings. The third-order valence-electron chi connectivity index (χ3n) is 2.76. The standard InChI is InChI=1S/C11H22N2O.C2H6/c1-8(2)13-11(9(3)14)6-10-4-5-12-7-10;1-2/h8,10-13H,4-7H2,1-3H3;1-2H3. The van der Waals surface area contributed by atoms with E-state index in [0.29, 0.717) is 12.0 Å². The number of hydrogen-bond acceptors (Lipinski definition) is 3. The maximum atomic E-state index is 11.4. The van der Waals surface area contributed by atoms with Crippen LogP contribution in [0.4, 0.5) is 0 Å². The zero-order valence-corrected chi connectivity index (χ0v) is 11.5. The predicted molar refractivity (Wildman–Crippen MR) is 69.7 cm³/mol. The smallest absolute Gasteiger partial charge is 0.146 e. The van der Waals surface area contributed by atoms with Gasteiger partial charge in [-0.1, -0.05) is 27.7 Å². The van der Waals surface area contributed by atoms with E-state index in [2.05, 4.69) is 24.5 Å². The monoisotopic (exact) mass is 228 g/mol. The Morgan fingerprint density at radius 3 is 2.44 bits per heavy atom. The highest BCUT2D eigenvalue weighted by Gasteiger charge is 2.22. The van der Waals surface area contributed by atoms with E-state index in [9.17, 15) is 4.79 Å². The van der Waals surface area contributed by atoms with E-state index >= 15 is 0 Å². The molecule has 2 unspecified atom stereocenters. The lowest BCUT2D eigenvalue weighted by Crippen LogP contribution is -2.41. The maximum Gasteiger partial charge on any atom is 0.146 e. The third-order valence-corrected chi connectivity index (χ3v) is 2.76. The van der Waals surface area contributed by atoms with Crippen LogP contribution in [0, 0.1) is 5.92 Å². The Morgan fingerprint density at radius 1 is 1.44 bits per heavy atom. The number of hydrogen-bond donors (Lipinski definition) is 2. The molecule has 0 spiro atoms. The van der Waals surface area contributed by atoms with Crippen LogP contribution >= 0.6 is 0 Å². The molecule has 0 aliphatic carbocycles. The zero-order chi connectivity index (χ0) is 12.6. The Balaban J connectivity index is 0.00000106. The van der Waals surface area contributed by atoms with Gasteiger partial charge in [-0.2, -0.15) is 0 Å². The minimum absolute atomic E-state index is 0.0555. The van der Waals surface area contributed by atoms with E-state index < -0.39 is 0 Å². The van der Waals surface area contributed by atoms with Crippen LogP contribution in [0.2, 0.25) is 0 Å². The predicted octanol–water partition coefficient (Wildman–Crippen LogP) is 1.97. The van der Waals surface area contributed by atoms with Crippen LogP contribution in [-0.2, 0) is 4.79 Å². The van der Waals surface area contributed by atoms with E-state index in [0.717, 1.165) is 19.5 Å². The summed E-state index contributed by atoms with van der Waals surface area (Å²) in [5.41, 5.74) is 0. The molecule has 0 amide bonds. The van der Waals surface area contributed by atoms with Crippen molar-refractivity contribution in [2.45, 2.75) is 59.5 Å². The molecule has 1 fully saturated rings. The molecule has 0 saturated carbocycles. The number of nitrogens with one attached hydrogen (secondary N) is 2. The van der Waals surface area contributed by atoms with E-state index in [1.165, 1.54) is 6.42 Å². The number of Topliss-reactive ketones (excluding diaryl/α,β-unsaturated/α-hetero) is 1. The first-order valence-electron chi connectivity index (χ1n) is 6.56. The molecular weight excluding hydrogens is 200 g/mol. The SMILES string of the molecule is CC.CC(=O)C(CC1CCNC1)NC(C)C. The molecule has 0 aromatic carbocycles. The van der Waals surface area contributed by atoms with Crippen LogP contribution in [0.1, 0.15) is 47.5 Å². The topological polar surface area (TPSA) is 41.1 Å². The number of ketones is 1. The summed E-state index contributed by atoms with van der Waals surface area (Å²) in [4.78, 5) is 11.4. The molecule has 0 aromatic heterocycles. The van der Waals surface area contributed by atoms with Gasteiger partial charge in [0.25, 0.3) is 0 Å². The summed E-state index contributed by atoms with van der Waals surface area (Å²) in [6.07, 6.45) is 2.20. The van der Waals surface area contributed by atoms with Crippen molar-refractivity contribution in [2.24, 2.45) is 5.92 Å². The fourth-order valence-corrected chi connectivity index (χ4v) is 2.00. The second-order valence-corrected chi connectivity index (χ2v) is 4.58. The van der Waals surface area contributed by atoms with Gasteiger partial charge in [0.1, 0.15) is 5.78 Å². The molecule has 0 aromatic rings. The average molecular weight is 228 g/mol. The van der Waals surface area contributed by atoms with Crippen LogP contribution < -0.4 is 10.6 Å². The average Bonchev–Trinajstić information content (AvgIpc) is 2.72. The highest BCUT2D eigenvalue weighted by atomic mass is 16.1. The summed E-state index contributed by atoms with van der Waals surface area (Å²) in [5, 5.41) is 6.66. The van der Waals surface area contributed by atoms with Gasteiger partial charge in [-0.05, 0) is 38.8 Å². The second kappa shape index (κ2) is 8.71. The van der Waals surface area contributed by atoms with Gasteiger partial charge in [-0.25, -0.2) is 0 Å². The summed E-state index contributed by atoms with van der Waals surface area (Å²) in [5.74, 6) is 0.945. The first-order chi connectivity index (χ1) is 7.59. The van der Waals surface area contributed by atoms with E-state index in [1.807, 2.05) is 13.8 Å². The van der Waals surface area contributed by atoms with Crippen molar-refractivity contribution in [3.8, 4) is 0 Å². The van der Waals surface area contributed by atoms with Crippen molar-refractivity contribution in [3.63, 3.8) is 0 Å². The van der Waals surface area contributed by atoms with E-state index in [-0.39, 0.29) is 11.8 Å². The Morgan fingerprint density at radius 2 is 2.06 bits per heavy atom. The van der Waals surface area contributed by atoms with Crippen molar-refractivity contribution in [2.75, 3.05) is 13.1 Å². The normalized spacial score (nSPS) is 21.5. The second-order valence-electron chi connectivity index (χ2n) is 4.58. The minimum atomic E-state index is 0.0555. The van der Waals surface area contributed by atoms with Crippen LogP contribution in [0.25, 0.3) is 0 Å². The van der Waals surface area contributed by atoms with Crippen molar-refractivity contribution in [1.29, 1.82) is 0 Å². The Labute approximate surface area is 100 Å². The molecule has 3 nitrogen and oxygen atoms in total. The molecule has 0 radical (unpaired) electrons. The summed E-state index contributed by atoms with van der Waals surface area (Å²) in [6, 6.07) is 0.443. The quantitative estimate of drug-likeness (QED) is 0.756. The first-order valence-corrected chi connectivity index (χ1v) is 6.56. The number of rotatable bonds is 5. The van der Waals surface area contributed by atoms with Crippen molar-refractivity contribution in [3.05, 3.63) is 0 Å². The molecule has 1 rings (SSSR count). The molecule has 96 valence electrons. The third kappa shape index (κ3) is 6.23. The van der Waals surface area contributed by atoms with Gasteiger partial charge in [0, 0.05) is 6.04 Å². The van der Waals surface area contributed by atoms with E-state index in [4.69, 9.17) is 0 Å². The van der Waals surface area contributed by atoms with Crippen LogP contribution in [0.15, 0.2) is 0 Å². The Kier molecular flexibility index (Phi) is 8.49. The van der Waals surface area contributed by atoms with E-state index in [1.54, 1.807) is 6.92 Å². The van der Waals surface area contributed by atoms with Gasteiger partial charge in [-0.15, -0.1) is 0 Å². The molecule has 1 heterocycles. The highest BCUT2D eigenvalue weighted by Crippen LogP contribution is 2.15. The first kappa shape index (κ1) is 15.6. The van der Waals surface area contributed by atoms with Gasteiger partial charge in [0.2, 0.25) is 0 Å². The highest BCUT2D eigenvalue weighted by molar-refractivity contribution is 5.81. The fourth-order valence-electron chi connectivity index (χ4n) is 2.00. The summed E-state index contributed by atoms with van der Waals surface area (Å²) in [6.45, 7) is 12.0. The zero-order valence-electron chi connectivity index (χ0n) is 11.5. The molecule has 3 heteroatoms. The summed E-state index contributed by atoms with van der Waals surface area (Å²) >= 11 is 0. The molecule has 1 aliphatic heterocycles. The van der Waals surface area contributed by atoms with Gasteiger partial charge in [-0.3, -0.25) is 4.79 Å². The molecule has 2 N–H and O–H groups in total. The molecule has 2 atom stereocenters. The van der Waals surface area contributed by atoms with Gasteiger partial charge >= 0.3 is 0 Å². The van der Waals surface area contributed by atoms with Gasteiger partial charge in [0.05, 0.1) is 6.04 Å². The Hall–Kier alpha value is -0.410. The van der Waals surface area contributed by atoms with Crippen molar-refractivity contribution < 1.29 is 4.79 Å². The molecule has 1 saturated heterocycles. The summed E-state index contributed by atoms with van der Waals surface area (Å²) in [7, 11) is 0. The minimum Gasteiger partial charge on any atom is -0.316 e. The largest absolute Gasteiger partial charge is 0.316 e. The maximum absolute atomic E-state index is 11.4. The molecule has 0 bridgehead atoms. The van der Waals surface area contributed by atoms with Gasteiger partial charge < -0.3 is 10.6 Å². The molecule has 16 heavy (non-hydrogen) atoms. The number of carbonyl (C=O) groups is 1. The lowest BCUT2D eigenvalue weighted by Gasteiger charge is -2.21. The summed E-state index contributed by atoms with van der Waals surface area (Å²) < 4.78 is 0. The Bertz CT molecular complexity index is 186.